The van der Waals surface area contributed by atoms with Gasteiger partial charge in [-0.15, -0.1) is 19.0 Å². The number of carbonyl (C=O) groups is 1. The van der Waals surface area contributed by atoms with E-state index in [4.69, 9.17) is 9.47 Å². The summed E-state index contributed by atoms with van der Waals surface area (Å²) in [5, 5.41) is 6.70. The van der Waals surface area contributed by atoms with E-state index in [1.807, 2.05) is 18.2 Å². The molecule has 5 nitrogen and oxygen atoms in total. The number of benzene rings is 1. The summed E-state index contributed by atoms with van der Waals surface area (Å²) in [6.45, 7) is 4.30. The molecule has 2 atom stereocenters. The highest BCUT2D eigenvalue weighted by molar-refractivity contribution is 5.85. The molecule has 2 fully saturated rings. The number of piperidine rings is 1. The first-order chi connectivity index (χ1) is 12.6. The van der Waals surface area contributed by atoms with Gasteiger partial charge in [0.15, 0.2) is 11.5 Å². The number of ether oxygens (including phenoxy) is 2. The van der Waals surface area contributed by atoms with Crippen molar-refractivity contribution in [3.8, 4) is 11.5 Å². The Balaban J connectivity index is 0.00000261. The van der Waals surface area contributed by atoms with Crippen molar-refractivity contribution in [3.05, 3.63) is 35.9 Å². The molecule has 2 unspecified atom stereocenters. The summed E-state index contributed by atoms with van der Waals surface area (Å²) >= 11 is 0. The molecule has 2 aliphatic heterocycles. The molecule has 0 aliphatic carbocycles. The van der Waals surface area contributed by atoms with E-state index in [0.717, 1.165) is 29.7 Å². The smallest absolute Gasteiger partial charge is 0.220 e. The lowest BCUT2D eigenvalue weighted by atomic mass is 9.89. The lowest BCUT2D eigenvalue weighted by Gasteiger charge is -2.28. The van der Waals surface area contributed by atoms with Crippen molar-refractivity contribution >= 4 is 18.3 Å². The Morgan fingerprint density at radius 2 is 1.96 bits per heavy atom. The highest BCUT2D eigenvalue weighted by Crippen LogP contribution is 2.34. The molecule has 27 heavy (non-hydrogen) atoms. The molecule has 2 heterocycles. The number of fused-ring (bicyclic) bond motifs is 2. The molecule has 1 aromatic rings. The molecule has 0 saturated carbocycles. The van der Waals surface area contributed by atoms with Crippen LogP contribution in [0.15, 0.2) is 24.8 Å². The summed E-state index contributed by atoms with van der Waals surface area (Å²) in [6.07, 6.45) is 7.94. The fourth-order valence-corrected chi connectivity index (χ4v) is 4.39. The first kappa shape index (κ1) is 21.6. The van der Waals surface area contributed by atoms with Gasteiger partial charge in [-0.2, -0.15) is 0 Å². The van der Waals surface area contributed by atoms with Crippen molar-refractivity contribution in [1.29, 1.82) is 0 Å². The number of hydrogen-bond donors (Lipinski definition) is 2. The molecule has 2 bridgehead atoms. The summed E-state index contributed by atoms with van der Waals surface area (Å²) in [5.74, 6) is 2.06. The van der Waals surface area contributed by atoms with Gasteiger partial charge < -0.3 is 20.1 Å². The van der Waals surface area contributed by atoms with Crippen molar-refractivity contribution in [2.45, 2.75) is 57.2 Å². The van der Waals surface area contributed by atoms with E-state index in [0.29, 0.717) is 43.1 Å². The van der Waals surface area contributed by atoms with Crippen molar-refractivity contribution in [2.24, 2.45) is 5.92 Å². The zero-order chi connectivity index (χ0) is 18.5. The van der Waals surface area contributed by atoms with Gasteiger partial charge in [0.05, 0.1) is 14.2 Å². The molecule has 3 rings (SSSR count). The quantitative estimate of drug-likeness (QED) is 0.663. The molecule has 0 radical (unpaired) electrons. The van der Waals surface area contributed by atoms with Crippen LogP contribution in [0.1, 0.15) is 43.2 Å². The Bertz CT molecular complexity index is 653. The monoisotopic (exact) mass is 394 g/mol. The second-order valence-electron chi connectivity index (χ2n) is 7.44. The van der Waals surface area contributed by atoms with Crippen molar-refractivity contribution in [3.63, 3.8) is 0 Å². The van der Waals surface area contributed by atoms with Crippen molar-refractivity contribution in [2.75, 3.05) is 14.2 Å². The van der Waals surface area contributed by atoms with E-state index < -0.39 is 0 Å². The second-order valence-corrected chi connectivity index (χ2v) is 7.44. The fraction of sp³-hybridized carbons (Fsp3) is 0.571. The minimum absolute atomic E-state index is 0. The van der Waals surface area contributed by atoms with E-state index in [9.17, 15) is 4.79 Å². The third-order valence-electron chi connectivity index (χ3n) is 5.51. The normalized spacial score (nSPS) is 23.3. The van der Waals surface area contributed by atoms with E-state index >= 15 is 0 Å². The Kier molecular flexibility index (Phi) is 7.99. The van der Waals surface area contributed by atoms with Crippen LogP contribution in [0.3, 0.4) is 0 Å². The highest BCUT2D eigenvalue weighted by atomic mass is 35.5. The summed E-state index contributed by atoms with van der Waals surface area (Å²) < 4.78 is 10.9. The minimum Gasteiger partial charge on any atom is -0.493 e. The summed E-state index contributed by atoms with van der Waals surface area (Å²) in [4.78, 5) is 12.4. The van der Waals surface area contributed by atoms with Crippen LogP contribution in [0.2, 0.25) is 0 Å². The van der Waals surface area contributed by atoms with E-state index in [2.05, 4.69) is 17.2 Å². The van der Waals surface area contributed by atoms with E-state index in [1.54, 1.807) is 14.2 Å². The molecule has 1 amide bonds. The van der Waals surface area contributed by atoms with Gasteiger partial charge in [-0.3, -0.25) is 4.79 Å². The lowest BCUT2D eigenvalue weighted by Crippen LogP contribution is -2.39. The Morgan fingerprint density at radius 1 is 1.26 bits per heavy atom. The maximum atomic E-state index is 12.4. The number of halogens is 1. The Morgan fingerprint density at radius 3 is 2.56 bits per heavy atom. The SMILES string of the molecule is C=CCc1cc(CNC(=O)CC2CC3CCC(C2)N3)cc(OC)c1OC.Cl. The van der Waals surface area contributed by atoms with Crippen LogP contribution in [0, 0.1) is 5.92 Å². The number of methoxy groups -OCH3 is 2. The second kappa shape index (κ2) is 10.00. The molecule has 2 N–H and O–H groups in total. The van der Waals surface area contributed by atoms with Gasteiger partial charge in [0.1, 0.15) is 0 Å². The number of carbonyl (C=O) groups excluding carboxylic acids is 1. The molecule has 0 aromatic heterocycles. The topological polar surface area (TPSA) is 59.6 Å². The minimum atomic E-state index is 0. The maximum absolute atomic E-state index is 12.4. The van der Waals surface area contributed by atoms with Crippen LogP contribution in [0.5, 0.6) is 11.5 Å². The zero-order valence-electron chi connectivity index (χ0n) is 16.3. The number of nitrogens with one attached hydrogen (secondary N) is 2. The summed E-state index contributed by atoms with van der Waals surface area (Å²) in [6, 6.07) is 5.22. The van der Waals surface area contributed by atoms with Gasteiger partial charge >= 0.3 is 0 Å². The van der Waals surface area contributed by atoms with Gasteiger partial charge in [-0.25, -0.2) is 0 Å². The van der Waals surface area contributed by atoms with Crippen molar-refractivity contribution < 1.29 is 14.3 Å². The standard InChI is InChI=1S/C21H30N2O3.ClH/c1-4-5-16-8-15(11-19(25-2)21(16)26-3)13-22-20(24)12-14-9-17-6-7-18(10-14)23-17;/h4,8,11,14,17-18,23H,1,5-7,9-10,12-13H2,2-3H3,(H,22,24);1H. The average molecular weight is 395 g/mol. The number of amides is 1. The third kappa shape index (κ3) is 5.39. The molecule has 1 aromatic carbocycles. The molecular weight excluding hydrogens is 364 g/mol. The highest BCUT2D eigenvalue weighted by Gasteiger charge is 2.34. The zero-order valence-corrected chi connectivity index (χ0v) is 17.1. The van der Waals surface area contributed by atoms with Crippen LogP contribution < -0.4 is 20.1 Å². The first-order valence-corrected chi connectivity index (χ1v) is 9.50. The van der Waals surface area contributed by atoms with Crippen LogP contribution in [0.4, 0.5) is 0 Å². The molecule has 0 spiro atoms. The largest absolute Gasteiger partial charge is 0.493 e. The lowest BCUT2D eigenvalue weighted by molar-refractivity contribution is -0.122. The molecule has 2 aliphatic rings. The van der Waals surface area contributed by atoms with Gasteiger partial charge in [-0.1, -0.05) is 6.08 Å². The van der Waals surface area contributed by atoms with Crippen LogP contribution in [-0.2, 0) is 17.8 Å². The Hall–Kier alpha value is -1.72. The van der Waals surface area contributed by atoms with Crippen LogP contribution in [-0.4, -0.2) is 32.2 Å². The first-order valence-electron chi connectivity index (χ1n) is 9.50. The van der Waals surface area contributed by atoms with Crippen molar-refractivity contribution in [1.82, 2.24) is 10.6 Å². The maximum Gasteiger partial charge on any atom is 0.220 e. The molecular formula is C21H31ClN2O3. The fourth-order valence-electron chi connectivity index (χ4n) is 4.39. The molecule has 2 saturated heterocycles. The summed E-state index contributed by atoms with van der Waals surface area (Å²) in [7, 11) is 3.27. The van der Waals surface area contributed by atoms with Gasteiger partial charge in [0, 0.05) is 30.6 Å². The Labute approximate surface area is 168 Å². The number of rotatable bonds is 8. The molecule has 150 valence electrons. The van der Waals surface area contributed by atoms with Crippen LogP contribution >= 0.6 is 12.4 Å². The van der Waals surface area contributed by atoms with E-state index in [-0.39, 0.29) is 18.3 Å². The predicted octanol–water partition coefficient (Wildman–Crippen LogP) is 3.39. The van der Waals surface area contributed by atoms with Crippen LogP contribution in [0.25, 0.3) is 0 Å². The van der Waals surface area contributed by atoms with E-state index in [1.165, 1.54) is 12.8 Å². The number of hydrogen-bond acceptors (Lipinski definition) is 4. The summed E-state index contributed by atoms with van der Waals surface area (Å²) in [5.41, 5.74) is 2.03. The predicted molar refractivity (Wildman–Crippen MR) is 110 cm³/mol. The third-order valence-corrected chi connectivity index (χ3v) is 5.51. The van der Waals surface area contributed by atoms with Gasteiger partial charge in [-0.05, 0) is 55.7 Å². The number of allylic oxidation sites excluding steroid dienone is 1. The molecule has 6 heteroatoms. The van der Waals surface area contributed by atoms with Gasteiger partial charge in [0.25, 0.3) is 0 Å². The average Bonchev–Trinajstić information content (AvgIpc) is 2.98. The van der Waals surface area contributed by atoms with Gasteiger partial charge in [0.2, 0.25) is 5.91 Å².